The molecule has 5 heteroatoms. The zero-order valence-electron chi connectivity index (χ0n) is 10.6. The minimum Gasteiger partial charge on any atom is -0.507 e. The molecule has 0 amide bonds. The van der Waals surface area contributed by atoms with Gasteiger partial charge < -0.3 is 20.4 Å². The van der Waals surface area contributed by atoms with Gasteiger partial charge in [0.15, 0.2) is 5.78 Å². The van der Waals surface area contributed by atoms with Gasteiger partial charge in [-0.1, -0.05) is 12.1 Å². The van der Waals surface area contributed by atoms with Crippen LogP contribution in [0.4, 0.5) is 0 Å². The number of carbonyl (C=O) groups excluding carboxylic acids is 1. The third-order valence-corrected chi connectivity index (χ3v) is 2.98. The average molecular weight is 274 g/mol. The van der Waals surface area contributed by atoms with Gasteiger partial charge >= 0.3 is 0 Å². The van der Waals surface area contributed by atoms with Crippen LogP contribution in [0, 0.1) is 0 Å². The molecule has 0 aliphatic carbocycles. The number of hydrogen-bond donors (Lipinski definition) is 4. The highest BCUT2D eigenvalue weighted by Gasteiger charge is 2.17. The van der Waals surface area contributed by atoms with Crippen LogP contribution in [0.15, 0.2) is 36.4 Å². The molecule has 0 heterocycles. The fourth-order valence-electron chi connectivity index (χ4n) is 1.88. The maximum atomic E-state index is 12.2. The van der Waals surface area contributed by atoms with E-state index in [1.165, 1.54) is 36.4 Å². The number of phenols is 2. The summed E-state index contributed by atoms with van der Waals surface area (Å²) >= 11 is 0. The molecular weight excluding hydrogens is 260 g/mol. The van der Waals surface area contributed by atoms with Gasteiger partial charge in [0, 0.05) is 0 Å². The first-order chi connectivity index (χ1) is 9.56. The Morgan fingerprint density at radius 3 is 1.50 bits per heavy atom. The van der Waals surface area contributed by atoms with E-state index in [1.54, 1.807) is 0 Å². The van der Waals surface area contributed by atoms with E-state index >= 15 is 0 Å². The highest BCUT2D eigenvalue weighted by molar-refractivity contribution is 6.12. The first kappa shape index (κ1) is 14.0. The van der Waals surface area contributed by atoms with Crippen LogP contribution < -0.4 is 0 Å². The van der Waals surface area contributed by atoms with Crippen molar-refractivity contribution in [2.75, 3.05) is 0 Å². The Morgan fingerprint density at radius 2 is 1.20 bits per heavy atom. The zero-order valence-corrected chi connectivity index (χ0v) is 10.6. The largest absolute Gasteiger partial charge is 0.507 e. The molecule has 2 aromatic carbocycles. The molecule has 0 atom stereocenters. The molecule has 2 rings (SSSR count). The summed E-state index contributed by atoms with van der Waals surface area (Å²) in [5, 5.41) is 37.5. The fraction of sp³-hybridized carbons (Fsp3) is 0.133. The van der Waals surface area contributed by atoms with Gasteiger partial charge in [-0.25, -0.2) is 0 Å². The smallest absolute Gasteiger partial charge is 0.200 e. The van der Waals surface area contributed by atoms with Gasteiger partial charge in [0.25, 0.3) is 0 Å². The Bertz CT molecular complexity index is 593. The summed E-state index contributed by atoms with van der Waals surface area (Å²) in [5.41, 5.74) is 1.04. The second-order valence-corrected chi connectivity index (χ2v) is 4.35. The lowest BCUT2D eigenvalue weighted by Crippen LogP contribution is -2.03. The normalized spacial score (nSPS) is 10.5. The van der Waals surface area contributed by atoms with Crippen LogP contribution in [0.2, 0.25) is 0 Å². The zero-order chi connectivity index (χ0) is 14.7. The second kappa shape index (κ2) is 5.73. The lowest BCUT2D eigenvalue weighted by atomic mass is 9.99. The molecule has 0 radical (unpaired) electrons. The molecule has 0 unspecified atom stereocenters. The van der Waals surface area contributed by atoms with E-state index in [0.29, 0.717) is 11.1 Å². The topological polar surface area (TPSA) is 98.0 Å². The van der Waals surface area contributed by atoms with Crippen LogP contribution in [0.3, 0.4) is 0 Å². The molecule has 0 aliphatic rings. The summed E-state index contributed by atoms with van der Waals surface area (Å²) in [6.45, 7) is -0.475. The van der Waals surface area contributed by atoms with Crippen molar-refractivity contribution in [3.8, 4) is 11.5 Å². The van der Waals surface area contributed by atoms with E-state index in [4.69, 9.17) is 10.2 Å². The molecule has 0 fully saturated rings. The summed E-state index contributed by atoms with van der Waals surface area (Å²) in [6.07, 6.45) is 0. The molecule has 0 saturated heterocycles. The predicted molar refractivity (Wildman–Crippen MR) is 71.5 cm³/mol. The Labute approximate surface area is 115 Å². The van der Waals surface area contributed by atoms with Crippen LogP contribution in [-0.2, 0) is 13.2 Å². The fourth-order valence-corrected chi connectivity index (χ4v) is 1.88. The van der Waals surface area contributed by atoms with Crippen LogP contribution in [0.5, 0.6) is 11.5 Å². The summed E-state index contributed by atoms with van der Waals surface area (Å²) in [5.74, 6) is -1.05. The number of aromatic hydroxyl groups is 2. The summed E-state index contributed by atoms with van der Waals surface area (Å²) in [4.78, 5) is 12.2. The number of aliphatic hydroxyl groups is 2. The molecule has 0 aromatic heterocycles. The van der Waals surface area contributed by atoms with Crippen molar-refractivity contribution < 1.29 is 25.2 Å². The molecular formula is C15H14O5. The molecule has 104 valence electrons. The van der Waals surface area contributed by atoms with E-state index in [0.717, 1.165) is 0 Å². The first-order valence-electron chi connectivity index (χ1n) is 5.97. The SMILES string of the molecule is O=C(c1ccc(CO)cc1O)c1ccc(CO)cc1O. The van der Waals surface area contributed by atoms with E-state index in [1.807, 2.05) is 0 Å². The summed E-state index contributed by atoms with van der Waals surface area (Å²) < 4.78 is 0. The number of ketones is 1. The van der Waals surface area contributed by atoms with E-state index in [-0.39, 0.29) is 35.8 Å². The van der Waals surface area contributed by atoms with Crippen molar-refractivity contribution in [1.29, 1.82) is 0 Å². The van der Waals surface area contributed by atoms with Crippen LogP contribution in [0.1, 0.15) is 27.0 Å². The molecule has 0 saturated carbocycles. The second-order valence-electron chi connectivity index (χ2n) is 4.35. The van der Waals surface area contributed by atoms with Gasteiger partial charge in [-0.3, -0.25) is 4.79 Å². The Morgan fingerprint density at radius 1 is 0.800 bits per heavy atom. The lowest BCUT2D eigenvalue weighted by molar-refractivity contribution is 0.103. The first-order valence-corrected chi connectivity index (χ1v) is 5.97. The molecule has 0 spiro atoms. The Kier molecular flexibility index (Phi) is 4.02. The Hall–Kier alpha value is -2.37. The number of phenolic OH excluding ortho intramolecular Hbond substituents is 2. The van der Waals surface area contributed by atoms with Crippen LogP contribution in [-0.4, -0.2) is 26.2 Å². The molecule has 2 aromatic rings. The van der Waals surface area contributed by atoms with Crippen molar-refractivity contribution in [2.24, 2.45) is 0 Å². The number of carbonyl (C=O) groups is 1. The van der Waals surface area contributed by atoms with Gasteiger partial charge in [-0.15, -0.1) is 0 Å². The molecule has 4 N–H and O–H groups in total. The standard InChI is InChI=1S/C15H14O5/c16-7-9-1-3-11(13(18)5-9)15(20)12-4-2-10(8-17)6-14(12)19/h1-6,16-19H,7-8H2. The number of benzene rings is 2. The number of aliphatic hydroxyl groups excluding tert-OH is 2. The summed E-state index contributed by atoms with van der Waals surface area (Å²) in [6, 6.07) is 8.42. The van der Waals surface area contributed by atoms with Gasteiger partial charge in [0.05, 0.1) is 24.3 Å². The Balaban J connectivity index is 2.41. The van der Waals surface area contributed by atoms with Crippen molar-refractivity contribution >= 4 is 5.78 Å². The molecule has 0 aliphatic heterocycles. The number of hydrogen-bond acceptors (Lipinski definition) is 5. The van der Waals surface area contributed by atoms with E-state index < -0.39 is 5.78 Å². The van der Waals surface area contributed by atoms with Crippen molar-refractivity contribution in [2.45, 2.75) is 13.2 Å². The van der Waals surface area contributed by atoms with E-state index in [9.17, 15) is 15.0 Å². The lowest BCUT2D eigenvalue weighted by Gasteiger charge is -2.08. The van der Waals surface area contributed by atoms with Crippen molar-refractivity contribution in [3.63, 3.8) is 0 Å². The van der Waals surface area contributed by atoms with Gasteiger partial charge in [0.1, 0.15) is 11.5 Å². The predicted octanol–water partition coefficient (Wildman–Crippen LogP) is 1.31. The van der Waals surface area contributed by atoms with Gasteiger partial charge in [-0.2, -0.15) is 0 Å². The van der Waals surface area contributed by atoms with E-state index in [2.05, 4.69) is 0 Å². The third kappa shape index (κ3) is 2.64. The maximum absolute atomic E-state index is 12.2. The average Bonchev–Trinajstić information content (AvgIpc) is 2.46. The minimum atomic E-state index is -0.533. The quantitative estimate of drug-likeness (QED) is 0.630. The van der Waals surface area contributed by atoms with Crippen molar-refractivity contribution in [3.05, 3.63) is 58.7 Å². The van der Waals surface area contributed by atoms with Gasteiger partial charge in [0.2, 0.25) is 0 Å². The third-order valence-electron chi connectivity index (χ3n) is 2.98. The van der Waals surface area contributed by atoms with Crippen molar-refractivity contribution in [1.82, 2.24) is 0 Å². The highest BCUT2D eigenvalue weighted by atomic mass is 16.3. The van der Waals surface area contributed by atoms with Gasteiger partial charge in [-0.05, 0) is 35.4 Å². The molecule has 20 heavy (non-hydrogen) atoms. The number of rotatable bonds is 4. The summed E-state index contributed by atoms with van der Waals surface area (Å²) in [7, 11) is 0. The maximum Gasteiger partial charge on any atom is 0.200 e. The van der Waals surface area contributed by atoms with Crippen LogP contribution >= 0.6 is 0 Å². The van der Waals surface area contributed by atoms with Crippen LogP contribution in [0.25, 0.3) is 0 Å². The molecule has 0 bridgehead atoms. The highest BCUT2D eigenvalue weighted by Crippen LogP contribution is 2.27. The monoisotopic (exact) mass is 274 g/mol. The molecule has 5 nitrogen and oxygen atoms in total. The minimum absolute atomic E-state index is 0.0363.